The van der Waals surface area contributed by atoms with Crippen molar-refractivity contribution in [1.29, 1.82) is 0 Å². The predicted octanol–water partition coefficient (Wildman–Crippen LogP) is 2.98. The number of rotatable bonds is 10. The molecule has 2 rings (SSSR count). The highest BCUT2D eigenvalue weighted by Crippen LogP contribution is 2.32. The first-order chi connectivity index (χ1) is 14.0. The number of carboxylic acids is 1. The van der Waals surface area contributed by atoms with Gasteiger partial charge in [-0.2, -0.15) is 0 Å². The van der Waals surface area contributed by atoms with Gasteiger partial charge >= 0.3 is 12.0 Å². The van der Waals surface area contributed by atoms with Crippen LogP contribution >= 0.6 is 0 Å². The fraction of sp³-hybridized carbons (Fsp3) is 0.278. The molecule has 1 heterocycles. The van der Waals surface area contributed by atoms with Gasteiger partial charge in [-0.05, 0) is 30.5 Å². The maximum atomic E-state index is 11.7. The number of hydrogen-bond donors (Lipinski definition) is 4. The van der Waals surface area contributed by atoms with Gasteiger partial charge in [0.05, 0.1) is 12.3 Å². The summed E-state index contributed by atoms with van der Waals surface area (Å²) >= 11 is 0. The Morgan fingerprint density at radius 2 is 2.07 bits per heavy atom. The molecule has 0 saturated carbocycles. The Kier molecular flexibility index (Phi) is 8.24. The Morgan fingerprint density at radius 3 is 2.72 bits per heavy atom. The number of aromatic nitrogens is 1. The maximum absolute atomic E-state index is 11.7. The van der Waals surface area contributed by atoms with Crippen LogP contribution in [-0.2, 0) is 16.0 Å². The molecule has 0 aliphatic carbocycles. The molecule has 0 atom stereocenters. The van der Waals surface area contributed by atoms with Crippen LogP contribution in [0.5, 0.6) is 0 Å². The number of amides is 2. The number of anilines is 1. The number of carbonyl (C=O) groups excluding carboxylic acids is 1. The fourth-order valence-electron chi connectivity index (χ4n) is 2.48. The molecule has 0 saturated heterocycles. The third-order valence-electron chi connectivity index (χ3n) is 3.71. The van der Waals surface area contributed by atoms with E-state index in [2.05, 4.69) is 31.2 Å². The molecule has 152 valence electrons. The smallest absolute Gasteiger partial charge is 0.333 e. The minimum atomic E-state index is -1.17. The van der Waals surface area contributed by atoms with E-state index in [0.717, 1.165) is 5.56 Å². The quantitative estimate of drug-likeness (QED) is 0.158. The lowest BCUT2D eigenvalue weighted by Crippen LogP contribution is -2.41. The SMILES string of the molecule is CCOCCc1c(N=[N+]=[N-])cc(NNC(=O)NCC(=O)O)nc1-c1ccccc1. The van der Waals surface area contributed by atoms with Crippen molar-refractivity contribution in [2.45, 2.75) is 13.3 Å². The highest BCUT2D eigenvalue weighted by Gasteiger charge is 2.14. The third-order valence-corrected chi connectivity index (χ3v) is 3.71. The Bertz CT molecular complexity index is 899. The number of pyridine rings is 1. The van der Waals surface area contributed by atoms with Gasteiger partial charge in [-0.3, -0.25) is 15.6 Å². The van der Waals surface area contributed by atoms with Crippen molar-refractivity contribution in [3.63, 3.8) is 0 Å². The molecule has 0 aliphatic heterocycles. The van der Waals surface area contributed by atoms with Crippen LogP contribution < -0.4 is 16.2 Å². The summed E-state index contributed by atoms with van der Waals surface area (Å²) in [6.45, 7) is 2.34. The second kappa shape index (κ2) is 11.1. The maximum Gasteiger partial charge on any atom is 0.333 e. The second-order valence-electron chi connectivity index (χ2n) is 5.68. The van der Waals surface area contributed by atoms with Crippen LogP contribution in [0, 0.1) is 0 Å². The van der Waals surface area contributed by atoms with Crippen molar-refractivity contribution in [3.8, 4) is 11.3 Å². The van der Waals surface area contributed by atoms with E-state index in [1.54, 1.807) is 0 Å². The first-order valence-electron chi connectivity index (χ1n) is 8.79. The van der Waals surface area contributed by atoms with E-state index in [0.29, 0.717) is 36.6 Å². The summed E-state index contributed by atoms with van der Waals surface area (Å²) in [5, 5.41) is 14.5. The average Bonchev–Trinajstić information content (AvgIpc) is 2.72. The summed E-state index contributed by atoms with van der Waals surface area (Å²) < 4.78 is 5.43. The van der Waals surface area contributed by atoms with Crippen molar-refractivity contribution in [1.82, 2.24) is 15.7 Å². The molecule has 0 radical (unpaired) electrons. The molecule has 2 aromatic rings. The van der Waals surface area contributed by atoms with Crippen LogP contribution in [0.2, 0.25) is 0 Å². The van der Waals surface area contributed by atoms with E-state index in [-0.39, 0.29) is 5.82 Å². The molecule has 1 aromatic carbocycles. The molecule has 1 aromatic heterocycles. The predicted molar refractivity (Wildman–Crippen MR) is 106 cm³/mol. The number of carboxylic acid groups (broad SMARTS) is 1. The van der Waals surface area contributed by atoms with Crippen molar-refractivity contribution in [2.75, 3.05) is 25.2 Å². The molecule has 11 nitrogen and oxygen atoms in total. The van der Waals surface area contributed by atoms with Gasteiger partial charge in [-0.15, -0.1) is 0 Å². The number of azide groups is 1. The van der Waals surface area contributed by atoms with Crippen molar-refractivity contribution < 1.29 is 19.4 Å². The van der Waals surface area contributed by atoms with Crippen molar-refractivity contribution >= 4 is 23.5 Å². The van der Waals surface area contributed by atoms with Crippen molar-refractivity contribution in [3.05, 3.63) is 52.4 Å². The number of hydrazine groups is 1. The first-order valence-corrected chi connectivity index (χ1v) is 8.79. The minimum absolute atomic E-state index is 0.219. The van der Waals surface area contributed by atoms with E-state index >= 15 is 0 Å². The molecule has 0 fully saturated rings. The molecule has 29 heavy (non-hydrogen) atoms. The van der Waals surface area contributed by atoms with Crippen LogP contribution in [0.4, 0.5) is 16.3 Å². The Labute approximate surface area is 166 Å². The third kappa shape index (κ3) is 6.69. The zero-order chi connectivity index (χ0) is 21.1. The highest BCUT2D eigenvalue weighted by atomic mass is 16.5. The van der Waals surface area contributed by atoms with Gasteiger partial charge in [0.25, 0.3) is 0 Å². The summed E-state index contributed by atoms with van der Waals surface area (Å²) in [5.41, 5.74) is 16.3. The van der Waals surface area contributed by atoms with Gasteiger partial charge in [0.2, 0.25) is 0 Å². The standard InChI is InChI=1S/C18H21N7O4/c1-2-29-9-8-13-14(22-25-19)10-15(23-24-18(28)20-11-16(26)27)21-17(13)12-6-4-3-5-7-12/h3-7,10H,2,8-9,11H2,1H3,(H,21,23)(H,26,27)(H2,20,24,28). The van der Waals surface area contributed by atoms with Gasteiger partial charge in [0.1, 0.15) is 12.4 Å². The van der Waals surface area contributed by atoms with Gasteiger partial charge in [0.15, 0.2) is 0 Å². The lowest BCUT2D eigenvalue weighted by Gasteiger charge is -2.16. The summed E-state index contributed by atoms with van der Waals surface area (Å²) in [4.78, 5) is 29.6. The normalized spacial score (nSPS) is 9.97. The number of hydrogen-bond acceptors (Lipinski definition) is 6. The molecule has 0 bridgehead atoms. The van der Waals surface area contributed by atoms with Crippen LogP contribution in [0.1, 0.15) is 12.5 Å². The molecule has 0 spiro atoms. The van der Waals surface area contributed by atoms with Crippen molar-refractivity contribution in [2.24, 2.45) is 5.11 Å². The Hall–Kier alpha value is -3.82. The number of carbonyl (C=O) groups is 2. The highest BCUT2D eigenvalue weighted by molar-refractivity contribution is 5.81. The van der Waals surface area contributed by atoms with E-state index in [9.17, 15) is 9.59 Å². The number of aliphatic carboxylic acids is 1. The first kappa shape index (κ1) is 21.5. The zero-order valence-corrected chi connectivity index (χ0v) is 15.8. The number of nitrogens with zero attached hydrogens (tertiary/aromatic N) is 4. The minimum Gasteiger partial charge on any atom is -0.480 e. The van der Waals surface area contributed by atoms with Crippen LogP contribution in [0.3, 0.4) is 0 Å². The monoisotopic (exact) mass is 399 g/mol. The molecule has 4 N–H and O–H groups in total. The van der Waals surface area contributed by atoms with Gasteiger partial charge < -0.3 is 15.2 Å². The van der Waals surface area contributed by atoms with E-state index in [1.807, 2.05) is 37.3 Å². The van der Waals surface area contributed by atoms with Gasteiger partial charge in [-0.25, -0.2) is 9.78 Å². The van der Waals surface area contributed by atoms with Crippen LogP contribution in [-0.4, -0.2) is 41.8 Å². The molecular formula is C18H21N7O4. The number of nitrogens with one attached hydrogen (secondary N) is 3. The Balaban J connectivity index is 2.35. The van der Waals surface area contributed by atoms with Crippen LogP contribution in [0.25, 0.3) is 21.7 Å². The Morgan fingerprint density at radius 1 is 1.31 bits per heavy atom. The van der Waals surface area contributed by atoms with Gasteiger partial charge in [0, 0.05) is 22.8 Å². The van der Waals surface area contributed by atoms with E-state index < -0.39 is 18.5 Å². The summed E-state index contributed by atoms with van der Waals surface area (Å²) in [6.07, 6.45) is 0.478. The second-order valence-corrected chi connectivity index (χ2v) is 5.68. The molecule has 0 unspecified atom stereocenters. The average molecular weight is 399 g/mol. The van der Waals surface area contributed by atoms with E-state index in [1.165, 1.54) is 6.07 Å². The summed E-state index contributed by atoms with van der Waals surface area (Å²) in [6, 6.07) is 10.1. The summed E-state index contributed by atoms with van der Waals surface area (Å²) in [5.74, 6) is -0.953. The largest absolute Gasteiger partial charge is 0.480 e. The zero-order valence-electron chi connectivity index (χ0n) is 15.8. The molecule has 2 amide bonds. The topological polar surface area (TPSA) is 161 Å². The summed E-state index contributed by atoms with van der Waals surface area (Å²) in [7, 11) is 0. The number of ether oxygens (including phenoxy) is 1. The van der Waals surface area contributed by atoms with Crippen LogP contribution in [0.15, 0.2) is 41.5 Å². The fourth-order valence-corrected chi connectivity index (χ4v) is 2.48. The molecule has 11 heteroatoms. The number of benzene rings is 1. The molecular weight excluding hydrogens is 378 g/mol. The van der Waals surface area contributed by atoms with Gasteiger partial charge in [-0.1, -0.05) is 35.4 Å². The lowest BCUT2D eigenvalue weighted by molar-refractivity contribution is -0.135. The van der Waals surface area contributed by atoms with E-state index in [4.69, 9.17) is 15.4 Å². The molecule has 0 aliphatic rings. The number of urea groups is 1. The lowest BCUT2D eigenvalue weighted by atomic mass is 10.0.